The minimum absolute atomic E-state index is 0.0856. The van der Waals surface area contributed by atoms with Gasteiger partial charge in [-0.2, -0.15) is 0 Å². The molecule has 2 aromatic rings. The number of thiophene rings is 1. The molecule has 2 aliphatic heterocycles. The Labute approximate surface area is 158 Å². The summed E-state index contributed by atoms with van der Waals surface area (Å²) in [5.41, 5.74) is 1.11. The van der Waals surface area contributed by atoms with Crippen LogP contribution in [0.25, 0.3) is 0 Å². The van der Waals surface area contributed by atoms with E-state index in [1.807, 2.05) is 24.4 Å². The van der Waals surface area contributed by atoms with Crippen molar-refractivity contribution in [1.29, 1.82) is 0 Å². The van der Waals surface area contributed by atoms with E-state index in [4.69, 9.17) is 0 Å². The first-order valence-electron chi connectivity index (χ1n) is 9.54. The van der Waals surface area contributed by atoms with Crippen LogP contribution in [0.4, 0.5) is 0 Å². The molecule has 26 heavy (non-hydrogen) atoms. The van der Waals surface area contributed by atoms with Gasteiger partial charge in [0.05, 0.1) is 10.6 Å². The fourth-order valence-corrected chi connectivity index (χ4v) is 4.82. The van der Waals surface area contributed by atoms with Crippen LogP contribution in [-0.2, 0) is 6.54 Å². The number of likely N-dealkylation sites (tertiary alicyclic amines) is 1. The van der Waals surface area contributed by atoms with E-state index in [0.29, 0.717) is 6.04 Å². The van der Waals surface area contributed by atoms with Gasteiger partial charge in [-0.3, -0.25) is 14.7 Å². The van der Waals surface area contributed by atoms with Crippen molar-refractivity contribution in [3.05, 3.63) is 52.0 Å². The number of rotatable bonds is 5. The van der Waals surface area contributed by atoms with Crippen LogP contribution in [0.1, 0.15) is 52.0 Å². The fraction of sp³-hybridized carbons (Fsp3) is 0.500. The smallest absolute Gasteiger partial charge is 0.261 e. The number of nitrogens with one attached hydrogen (secondary N) is 2. The zero-order valence-electron chi connectivity index (χ0n) is 15.0. The second-order valence-corrected chi connectivity index (χ2v) is 8.31. The Morgan fingerprint density at radius 1 is 1.23 bits per heavy atom. The molecule has 0 bridgehead atoms. The molecule has 2 saturated heterocycles. The average Bonchev–Trinajstić information content (AvgIpc) is 3.36. The molecule has 5 nitrogen and oxygen atoms in total. The lowest BCUT2D eigenvalue weighted by Crippen LogP contribution is -2.44. The monoisotopic (exact) mass is 370 g/mol. The molecule has 6 heteroatoms. The summed E-state index contributed by atoms with van der Waals surface area (Å²) in [7, 11) is 0. The van der Waals surface area contributed by atoms with E-state index in [9.17, 15) is 4.79 Å². The van der Waals surface area contributed by atoms with Crippen molar-refractivity contribution in [3.8, 4) is 0 Å². The van der Waals surface area contributed by atoms with Gasteiger partial charge in [0.15, 0.2) is 0 Å². The third-order valence-electron chi connectivity index (χ3n) is 5.29. The molecule has 2 aromatic heterocycles. The van der Waals surface area contributed by atoms with Gasteiger partial charge in [0.1, 0.15) is 0 Å². The number of pyridine rings is 1. The molecule has 138 valence electrons. The van der Waals surface area contributed by atoms with Gasteiger partial charge in [0.2, 0.25) is 0 Å². The van der Waals surface area contributed by atoms with Crippen LogP contribution in [0.5, 0.6) is 0 Å². The number of hydrogen-bond donors (Lipinski definition) is 2. The molecule has 4 rings (SSSR count). The van der Waals surface area contributed by atoms with E-state index in [1.165, 1.54) is 17.7 Å². The van der Waals surface area contributed by atoms with Crippen LogP contribution in [0, 0.1) is 0 Å². The van der Waals surface area contributed by atoms with E-state index in [-0.39, 0.29) is 11.9 Å². The first-order valence-corrected chi connectivity index (χ1v) is 10.4. The van der Waals surface area contributed by atoms with Gasteiger partial charge >= 0.3 is 0 Å². The summed E-state index contributed by atoms with van der Waals surface area (Å²) in [5.74, 6) is 0.0856. The molecule has 0 unspecified atom stereocenters. The molecular weight excluding hydrogens is 344 g/mol. The summed E-state index contributed by atoms with van der Waals surface area (Å²) in [4.78, 5) is 21.5. The molecule has 0 aromatic carbocycles. The standard InChI is InChI=1S/C20H26N4OS/c25-20(19-7-6-18(26-19)17-5-3-11-22-17)23-15-8-12-24(13-9-15)14-16-4-1-2-10-21-16/h1-2,4,6-7,10,15,17,22H,3,5,8-9,11-14H2,(H,23,25)/t17-/m1/s1. The largest absolute Gasteiger partial charge is 0.349 e. The quantitative estimate of drug-likeness (QED) is 0.850. The zero-order chi connectivity index (χ0) is 17.8. The Bertz CT molecular complexity index is 718. The number of piperidine rings is 1. The highest BCUT2D eigenvalue weighted by atomic mass is 32.1. The van der Waals surface area contributed by atoms with Crippen molar-refractivity contribution in [2.24, 2.45) is 0 Å². The van der Waals surface area contributed by atoms with E-state index in [1.54, 1.807) is 11.3 Å². The lowest BCUT2D eigenvalue weighted by Gasteiger charge is -2.32. The van der Waals surface area contributed by atoms with Crippen molar-refractivity contribution in [3.63, 3.8) is 0 Å². The first kappa shape index (κ1) is 17.6. The minimum Gasteiger partial charge on any atom is -0.349 e. The number of amides is 1. The fourth-order valence-electron chi connectivity index (χ4n) is 3.80. The molecule has 1 atom stereocenters. The SMILES string of the molecule is O=C(NC1CCN(Cc2ccccn2)CC1)c1ccc([C@H]2CCCN2)s1. The Morgan fingerprint density at radius 2 is 2.12 bits per heavy atom. The summed E-state index contributed by atoms with van der Waals surface area (Å²) in [6.45, 7) is 3.98. The summed E-state index contributed by atoms with van der Waals surface area (Å²) >= 11 is 1.64. The Kier molecular flexibility index (Phi) is 5.62. The molecule has 4 heterocycles. The highest BCUT2D eigenvalue weighted by molar-refractivity contribution is 7.14. The first-order chi connectivity index (χ1) is 12.8. The summed E-state index contributed by atoms with van der Waals surface area (Å²) in [5, 5.41) is 6.73. The lowest BCUT2D eigenvalue weighted by molar-refractivity contribution is 0.0912. The van der Waals surface area contributed by atoms with Crippen LogP contribution in [0.2, 0.25) is 0 Å². The Balaban J connectivity index is 1.25. The van der Waals surface area contributed by atoms with Crippen molar-refractivity contribution < 1.29 is 4.79 Å². The van der Waals surface area contributed by atoms with Crippen LogP contribution < -0.4 is 10.6 Å². The number of aromatic nitrogens is 1. The van der Waals surface area contributed by atoms with Crippen LogP contribution in [0.3, 0.4) is 0 Å². The minimum atomic E-state index is 0.0856. The third-order valence-corrected chi connectivity index (χ3v) is 6.49. The third kappa shape index (κ3) is 4.31. The number of carbonyl (C=O) groups is 1. The number of carbonyl (C=O) groups excluding carboxylic acids is 1. The van der Waals surface area contributed by atoms with E-state index >= 15 is 0 Å². The summed E-state index contributed by atoms with van der Waals surface area (Å²) in [6, 6.07) is 10.9. The maximum absolute atomic E-state index is 12.6. The van der Waals surface area contributed by atoms with E-state index in [2.05, 4.69) is 32.7 Å². The highest BCUT2D eigenvalue weighted by Gasteiger charge is 2.23. The van der Waals surface area contributed by atoms with Gasteiger partial charge in [-0.25, -0.2) is 0 Å². The normalized spacial score (nSPS) is 21.8. The molecule has 2 N–H and O–H groups in total. The predicted molar refractivity (Wildman–Crippen MR) is 104 cm³/mol. The Hall–Kier alpha value is -1.76. The molecule has 0 saturated carbocycles. The van der Waals surface area contributed by atoms with E-state index < -0.39 is 0 Å². The highest BCUT2D eigenvalue weighted by Crippen LogP contribution is 2.29. The van der Waals surface area contributed by atoms with Gasteiger partial charge in [-0.1, -0.05) is 6.07 Å². The second-order valence-electron chi connectivity index (χ2n) is 7.20. The van der Waals surface area contributed by atoms with Gasteiger partial charge < -0.3 is 10.6 Å². The zero-order valence-corrected chi connectivity index (χ0v) is 15.8. The molecule has 2 fully saturated rings. The van der Waals surface area contributed by atoms with Gasteiger partial charge in [-0.05, 0) is 56.5 Å². The maximum Gasteiger partial charge on any atom is 0.261 e. The Morgan fingerprint density at radius 3 is 2.85 bits per heavy atom. The van der Waals surface area contributed by atoms with Crippen LogP contribution in [-0.4, -0.2) is 41.5 Å². The summed E-state index contributed by atoms with van der Waals surface area (Å²) in [6.07, 6.45) is 6.25. The molecule has 0 aliphatic carbocycles. The van der Waals surface area contributed by atoms with Gasteiger partial charge in [0, 0.05) is 42.8 Å². The topological polar surface area (TPSA) is 57.3 Å². The van der Waals surface area contributed by atoms with Crippen LogP contribution in [0.15, 0.2) is 36.5 Å². The van der Waals surface area contributed by atoms with Gasteiger partial charge in [0.25, 0.3) is 5.91 Å². The van der Waals surface area contributed by atoms with Crippen molar-refractivity contribution in [1.82, 2.24) is 20.5 Å². The van der Waals surface area contributed by atoms with Crippen LogP contribution >= 0.6 is 11.3 Å². The molecule has 0 spiro atoms. The van der Waals surface area contributed by atoms with E-state index in [0.717, 1.165) is 49.6 Å². The predicted octanol–water partition coefficient (Wildman–Crippen LogP) is 2.96. The van der Waals surface area contributed by atoms with Gasteiger partial charge in [-0.15, -0.1) is 11.3 Å². The molecular formula is C20H26N4OS. The number of hydrogen-bond acceptors (Lipinski definition) is 5. The molecule has 2 aliphatic rings. The average molecular weight is 371 g/mol. The van der Waals surface area contributed by atoms with Crippen molar-refractivity contribution in [2.45, 2.75) is 44.3 Å². The number of nitrogens with zero attached hydrogens (tertiary/aromatic N) is 2. The van der Waals surface area contributed by atoms with Crippen molar-refractivity contribution in [2.75, 3.05) is 19.6 Å². The second kappa shape index (κ2) is 8.29. The molecule has 1 amide bonds. The maximum atomic E-state index is 12.6. The lowest BCUT2D eigenvalue weighted by atomic mass is 10.0. The van der Waals surface area contributed by atoms with Crippen molar-refractivity contribution >= 4 is 17.2 Å². The molecule has 0 radical (unpaired) electrons. The summed E-state index contributed by atoms with van der Waals surface area (Å²) < 4.78 is 0.